The Hall–Kier alpha value is -3.14. The molecule has 1 fully saturated rings. The molecule has 2 aromatic rings. The first-order valence-corrected chi connectivity index (χ1v) is 11.5. The minimum Gasteiger partial charge on any atom is -0.491 e. The van der Waals surface area contributed by atoms with Crippen LogP contribution in [-0.4, -0.2) is 66.1 Å². The highest BCUT2D eigenvalue weighted by atomic mass is 19.1. The lowest BCUT2D eigenvalue weighted by Crippen LogP contribution is -2.42. The van der Waals surface area contributed by atoms with E-state index < -0.39 is 5.82 Å². The Morgan fingerprint density at radius 3 is 2.59 bits per heavy atom. The van der Waals surface area contributed by atoms with Gasteiger partial charge in [0.25, 0.3) is 0 Å². The summed E-state index contributed by atoms with van der Waals surface area (Å²) >= 11 is 0. The van der Waals surface area contributed by atoms with Crippen LogP contribution in [0.15, 0.2) is 24.5 Å². The molecule has 0 aliphatic carbocycles. The summed E-state index contributed by atoms with van der Waals surface area (Å²) in [6.45, 7) is 9.72. The molecule has 1 amide bonds. The molecule has 10 heteroatoms. The number of piperidine rings is 1. The van der Waals surface area contributed by atoms with Crippen LogP contribution in [0, 0.1) is 12.7 Å². The zero-order chi connectivity index (χ0) is 24.5. The quantitative estimate of drug-likeness (QED) is 0.461. The van der Waals surface area contributed by atoms with Crippen molar-refractivity contribution in [2.75, 3.05) is 32.9 Å². The Bertz CT molecular complexity index is 950. The Morgan fingerprint density at radius 2 is 1.91 bits per heavy atom. The lowest BCUT2D eigenvalue weighted by Gasteiger charge is -2.31. The molecule has 0 N–H and O–H groups in total. The molecule has 1 aromatic heterocycles. The van der Waals surface area contributed by atoms with Crippen molar-refractivity contribution in [3.8, 4) is 23.3 Å². The summed E-state index contributed by atoms with van der Waals surface area (Å²) in [6.07, 6.45) is 2.02. The molecule has 1 saturated heterocycles. The van der Waals surface area contributed by atoms with Crippen molar-refractivity contribution in [3.63, 3.8) is 0 Å². The first-order chi connectivity index (χ1) is 16.4. The minimum absolute atomic E-state index is 0.0156. The molecule has 0 radical (unpaired) electrons. The zero-order valence-electron chi connectivity index (χ0n) is 20.1. The minimum atomic E-state index is -0.574. The fourth-order valence-corrected chi connectivity index (χ4v) is 3.35. The van der Waals surface area contributed by atoms with E-state index >= 15 is 0 Å². The first-order valence-electron chi connectivity index (χ1n) is 11.5. The fraction of sp³-hybridized carbons (Fsp3) is 0.542. The van der Waals surface area contributed by atoms with E-state index in [0.717, 1.165) is 0 Å². The molecule has 1 aliphatic heterocycles. The van der Waals surface area contributed by atoms with Gasteiger partial charge in [-0.25, -0.2) is 19.2 Å². The van der Waals surface area contributed by atoms with Crippen LogP contribution in [0.25, 0.3) is 0 Å². The normalized spacial score (nSPS) is 14.2. The molecule has 1 aliphatic rings. The van der Waals surface area contributed by atoms with Crippen LogP contribution in [0.3, 0.4) is 0 Å². The number of amides is 1. The van der Waals surface area contributed by atoms with E-state index in [0.29, 0.717) is 62.9 Å². The molecule has 0 unspecified atom stereocenters. The maximum atomic E-state index is 14.5. The van der Waals surface area contributed by atoms with E-state index in [1.807, 2.05) is 20.8 Å². The highest BCUT2D eigenvalue weighted by Gasteiger charge is 2.26. The second-order valence-electron chi connectivity index (χ2n) is 8.09. The van der Waals surface area contributed by atoms with Gasteiger partial charge >= 0.3 is 6.09 Å². The summed E-state index contributed by atoms with van der Waals surface area (Å²) in [5.41, 5.74) is 0.556. The predicted molar refractivity (Wildman–Crippen MR) is 122 cm³/mol. The van der Waals surface area contributed by atoms with E-state index in [9.17, 15) is 9.18 Å². The van der Waals surface area contributed by atoms with Crippen molar-refractivity contribution in [1.29, 1.82) is 0 Å². The average molecular weight is 478 g/mol. The van der Waals surface area contributed by atoms with Crippen LogP contribution in [0.2, 0.25) is 0 Å². The van der Waals surface area contributed by atoms with Gasteiger partial charge in [0.05, 0.1) is 18.3 Å². The molecular formula is C24H32FN3O6. The van der Waals surface area contributed by atoms with Gasteiger partial charge in [0.1, 0.15) is 24.8 Å². The van der Waals surface area contributed by atoms with Crippen molar-refractivity contribution in [1.82, 2.24) is 14.9 Å². The van der Waals surface area contributed by atoms with Crippen molar-refractivity contribution < 1.29 is 32.9 Å². The van der Waals surface area contributed by atoms with Gasteiger partial charge in [-0.3, -0.25) is 0 Å². The van der Waals surface area contributed by atoms with Gasteiger partial charge < -0.3 is 28.6 Å². The van der Waals surface area contributed by atoms with Crippen LogP contribution in [0.1, 0.15) is 39.2 Å². The van der Waals surface area contributed by atoms with Crippen LogP contribution < -0.4 is 14.2 Å². The van der Waals surface area contributed by atoms with Gasteiger partial charge in [0.2, 0.25) is 11.8 Å². The number of carbonyl (C=O) groups is 1. The number of ether oxygens (including phenoxy) is 5. The van der Waals surface area contributed by atoms with E-state index in [1.54, 1.807) is 17.9 Å². The molecule has 34 heavy (non-hydrogen) atoms. The number of aromatic nitrogens is 2. The van der Waals surface area contributed by atoms with Gasteiger partial charge in [0, 0.05) is 38.6 Å². The lowest BCUT2D eigenvalue weighted by molar-refractivity contribution is 0.0505. The summed E-state index contributed by atoms with van der Waals surface area (Å²) < 4.78 is 42.2. The smallest absolute Gasteiger partial charge is 0.410 e. The van der Waals surface area contributed by atoms with Crippen LogP contribution >= 0.6 is 0 Å². The SMILES string of the molecule is CCOCCOc1ccc(Oc2ncnc(OC3CCN(C(=O)OC(C)C)CC3)c2C)c(F)c1. The molecule has 186 valence electrons. The summed E-state index contributed by atoms with van der Waals surface area (Å²) in [5, 5.41) is 0. The van der Waals surface area contributed by atoms with Crippen molar-refractivity contribution in [2.45, 2.75) is 52.7 Å². The molecule has 2 heterocycles. The maximum Gasteiger partial charge on any atom is 0.410 e. The topological polar surface area (TPSA) is 92.2 Å². The van der Waals surface area contributed by atoms with Crippen LogP contribution in [-0.2, 0) is 9.47 Å². The second-order valence-corrected chi connectivity index (χ2v) is 8.09. The largest absolute Gasteiger partial charge is 0.491 e. The zero-order valence-corrected chi connectivity index (χ0v) is 20.1. The Morgan fingerprint density at radius 1 is 1.18 bits per heavy atom. The Balaban J connectivity index is 1.57. The van der Waals surface area contributed by atoms with Gasteiger partial charge in [-0.1, -0.05) is 0 Å². The molecule has 3 rings (SSSR count). The van der Waals surface area contributed by atoms with Gasteiger partial charge in [0.15, 0.2) is 11.6 Å². The lowest BCUT2D eigenvalue weighted by atomic mass is 10.1. The highest BCUT2D eigenvalue weighted by molar-refractivity contribution is 5.67. The molecular weight excluding hydrogens is 445 g/mol. The Labute approximate surface area is 199 Å². The summed E-state index contributed by atoms with van der Waals surface area (Å²) in [6, 6.07) is 4.36. The molecule has 9 nitrogen and oxygen atoms in total. The first kappa shape index (κ1) is 25.5. The number of likely N-dealkylation sites (tertiary alicyclic amines) is 1. The summed E-state index contributed by atoms with van der Waals surface area (Å²) in [7, 11) is 0. The van der Waals surface area contributed by atoms with Crippen molar-refractivity contribution in [3.05, 3.63) is 35.9 Å². The predicted octanol–water partition coefficient (Wildman–Crippen LogP) is 4.52. The number of hydrogen-bond acceptors (Lipinski definition) is 8. The van der Waals surface area contributed by atoms with Crippen molar-refractivity contribution >= 4 is 6.09 Å². The third-order valence-corrected chi connectivity index (χ3v) is 5.12. The standard InChI is InChI=1S/C24H32FN3O6/c1-5-30-12-13-31-19-6-7-21(20(25)14-19)34-23-17(4)22(26-15-27-23)33-18-8-10-28(11-9-18)24(29)32-16(2)3/h6-7,14-16,18H,5,8-13H2,1-4H3. The third-order valence-electron chi connectivity index (χ3n) is 5.12. The van der Waals surface area contributed by atoms with Gasteiger partial charge in [-0.05, 0) is 39.8 Å². The number of nitrogens with zero attached hydrogens (tertiary/aromatic N) is 3. The van der Waals surface area contributed by atoms with Crippen LogP contribution in [0.5, 0.6) is 23.3 Å². The number of halogens is 1. The second kappa shape index (κ2) is 12.4. The van der Waals surface area contributed by atoms with Crippen molar-refractivity contribution in [2.24, 2.45) is 0 Å². The van der Waals surface area contributed by atoms with E-state index in [2.05, 4.69) is 9.97 Å². The van der Waals surface area contributed by atoms with E-state index in [1.165, 1.54) is 18.5 Å². The summed E-state index contributed by atoms with van der Waals surface area (Å²) in [5.74, 6) is 0.393. The molecule has 0 atom stereocenters. The number of carbonyl (C=O) groups excluding carboxylic acids is 1. The van der Waals surface area contributed by atoms with E-state index in [4.69, 9.17) is 23.7 Å². The molecule has 0 spiro atoms. The monoisotopic (exact) mass is 477 g/mol. The summed E-state index contributed by atoms with van der Waals surface area (Å²) in [4.78, 5) is 22.1. The Kier molecular flexibility index (Phi) is 9.26. The third kappa shape index (κ3) is 7.18. The fourth-order valence-electron chi connectivity index (χ4n) is 3.35. The van der Waals surface area contributed by atoms with Gasteiger partial charge in [-0.15, -0.1) is 0 Å². The van der Waals surface area contributed by atoms with Gasteiger partial charge in [-0.2, -0.15) is 0 Å². The average Bonchev–Trinajstić information content (AvgIpc) is 2.81. The molecule has 0 bridgehead atoms. The highest BCUT2D eigenvalue weighted by Crippen LogP contribution is 2.31. The maximum absolute atomic E-state index is 14.5. The van der Waals surface area contributed by atoms with Crippen LogP contribution in [0.4, 0.5) is 9.18 Å². The van der Waals surface area contributed by atoms with E-state index in [-0.39, 0.29) is 29.9 Å². The molecule has 0 saturated carbocycles. The molecule has 1 aromatic carbocycles. The number of hydrogen-bond donors (Lipinski definition) is 0. The number of rotatable bonds is 10. The number of benzene rings is 1.